The van der Waals surface area contributed by atoms with Gasteiger partial charge in [-0.3, -0.25) is 9.59 Å². The van der Waals surface area contributed by atoms with Crippen LogP contribution in [0.2, 0.25) is 0 Å². The highest BCUT2D eigenvalue weighted by molar-refractivity contribution is 6.10. The Labute approximate surface area is 154 Å². The average molecular weight is 377 g/mol. The smallest absolute Gasteiger partial charge is 0.389 e. The predicted molar refractivity (Wildman–Crippen MR) is 93.8 cm³/mol. The Morgan fingerprint density at radius 2 is 1.85 bits per heavy atom. The van der Waals surface area contributed by atoms with Gasteiger partial charge in [-0.05, 0) is 48.2 Å². The molecule has 0 radical (unpaired) electrons. The second-order valence-electron chi connectivity index (χ2n) is 6.65. The van der Waals surface area contributed by atoms with E-state index in [0.717, 1.165) is 5.56 Å². The molecule has 1 atom stereocenters. The third-order valence-electron chi connectivity index (χ3n) is 4.75. The summed E-state index contributed by atoms with van der Waals surface area (Å²) >= 11 is 0. The van der Waals surface area contributed by atoms with E-state index < -0.39 is 24.5 Å². The number of carboxylic acid groups (broad SMARTS) is 1. The summed E-state index contributed by atoms with van der Waals surface area (Å²) in [4.78, 5) is 25.3. The molecular formula is C20H18F3NO3. The highest BCUT2D eigenvalue weighted by Crippen LogP contribution is 2.31. The normalized spacial score (nSPS) is 15.0. The van der Waals surface area contributed by atoms with Crippen LogP contribution in [0.3, 0.4) is 0 Å². The van der Waals surface area contributed by atoms with Gasteiger partial charge < -0.3 is 10.0 Å². The number of carbonyl (C=O) groups excluding carboxylic acids is 1. The second kappa shape index (κ2) is 7.06. The Morgan fingerprint density at radius 1 is 1.19 bits per heavy atom. The zero-order valence-electron chi connectivity index (χ0n) is 14.6. The maximum atomic E-state index is 12.7. The van der Waals surface area contributed by atoms with E-state index in [2.05, 4.69) is 0 Å². The number of nitrogens with zero attached hydrogens (tertiary/aromatic N) is 1. The van der Waals surface area contributed by atoms with Crippen LogP contribution in [0.15, 0.2) is 42.5 Å². The number of rotatable bonds is 5. The van der Waals surface area contributed by atoms with Crippen LogP contribution in [0.5, 0.6) is 0 Å². The molecule has 1 amide bonds. The van der Waals surface area contributed by atoms with E-state index in [4.69, 9.17) is 5.11 Å². The number of alkyl halides is 3. The van der Waals surface area contributed by atoms with E-state index in [-0.39, 0.29) is 12.3 Å². The fourth-order valence-corrected chi connectivity index (χ4v) is 3.08. The molecule has 3 rings (SSSR count). The van der Waals surface area contributed by atoms with Crippen molar-refractivity contribution in [3.8, 4) is 0 Å². The molecule has 1 N–H and O–H groups in total. The molecule has 1 aliphatic heterocycles. The van der Waals surface area contributed by atoms with Crippen molar-refractivity contribution in [3.05, 3.63) is 64.7 Å². The van der Waals surface area contributed by atoms with Gasteiger partial charge in [0.1, 0.15) is 0 Å². The van der Waals surface area contributed by atoms with Crippen LogP contribution in [0, 0.1) is 0 Å². The molecular weight excluding hydrogens is 359 g/mol. The van der Waals surface area contributed by atoms with E-state index in [0.29, 0.717) is 28.9 Å². The summed E-state index contributed by atoms with van der Waals surface area (Å²) in [7, 11) is 0. The zero-order chi connectivity index (χ0) is 19.8. The third-order valence-corrected chi connectivity index (χ3v) is 4.75. The van der Waals surface area contributed by atoms with Crippen LogP contribution in [0.25, 0.3) is 0 Å². The first kappa shape index (κ1) is 18.9. The molecule has 142 valence electrons. The molecule has 0 spiro atoms. The van der Waals surface area contributed by atoms with E-state index in [1.807, 2.05) is 0 Å². The molecule has 0 saturated heterocycles. The first-order valence-electron chi connectivity index (χ1n) is 8.49. The molecule has 0 fully saturated rings. The molecule has 1 heterocycles. The SMILES string of the molecule is CC(C(=O)O)c1ccc(N2Cc3ccc(CCC(F)(F)F)cc3C2=O)cc1. The number of fused-ring (bicyclic) bond motifs is 1. The zero-order valence-corrected chi connectivity index (χ0v) is 14.6. The Morgan fingerprint density at radius 3 is 2.44 bits per heavy atom. The number of aryl methyl sites for hydroxylation is 1. The first-order valence-corrected chi connectivity index (χ1v) is 8.49. The maximum Gasteiger partial charge on any atom is 0.389 e. The molecule has 1 aliphatic rings. The quantitative estimate of drug-likeness (QED) is 0.833. The summed E-state index contributed by atoms with van der Waals surface area (Å²) in [5.41, 5.74) is 2.91. The van der Waals surface area contributed by atoms with Gasteiger partial charge in [0.25, 0.3) is 5.91 Å². The molecule has 0 saturated carbocycles. The lowest BCUT2D eigenvalue weighted by molar-refractivity contribution is -0.138. The maximum absolute atomic E-state index is 12.7. The summed E-state index contributed by atoms with van der Waals surface area (Å²) in [6.45, 7) is 1.91. The fourth-order valence-electron chi connectivity index (χ4n) is 3.08. The van der Waals surface area contributed by atoms with Gasteiger partial charge in [-0.25, -0.2) is 0 Å². The van der Waals surface area contributed by atoms with Gasteiger partial charge in [-0.2, -0.15) is 13.2 Å². The van der Waals surface area contributed by atoms with E-state index in [1.165, 1.54) is 11.0 Å². The van der Waals surface area contributed by atoms with Crippen LogP contribution in [0.1, 0.15) is 46.3 Å². The average Bonchev–Trinajstić information content (AvgIpc) is 2.95. The van der Waals surface area contributed by atoms with Gasteiger partial charge in [0, 0.05) is 17.7 Å². The lowest BCUT2D eigenvalue weighted by atomic mass is 10.0. The molecule has 7 heteroatoms. The molecule has 2 aromatic carbocycles. The number of hydrogen-bond acceptors (Lipinski definition) is 2. The first-order chi connectivity index (χ1) is 12.7. The minimum Gasteiger partial charge on any atom is -0.481 e. The largest absolute Gasteiger partial charge is 0.481 e. The van der Waals surface area contributed by atoms with E-state index in [1.54, 1.807) is 43.3 Å². The van der Waals surface area contributed by atoms with Crippen molar-refractivity contribution in [2.24, 2.45) is 0 Å². The van der Waals surface area contributed by atoms with Crippen molar-refractivity contribution in [3.63, 3.8) is 0 Å². The van der Waals surface area contributed by atoms with Gasteiger partial charge in [-0.15, -0.1) is 0 Å². The molecule has 1 unspecified atom stereocenters. The molecule has 4 nitrogen and oxygen atoms in total. The number of halogens is 3. The Kier molecular flexibility index (Phi) is 4.95. The van der Waals surface area contributed by atoms with Crippen molar-refractivity contribution in [2.45, 2.75) is 38.4 Å². The van der Waals surface area contributed by atoms with Crippen molar-refractivity contribution in [2.75, 3.05) is 4.90 Å². The molecule has 27 heavy (non-hydrogen) atoms. The third kappa shape index (κ3) is 4.13. The van der Waals surface area contributed by atoms with Crippen molar-refractivity contribution in [1.29, 1.82) is 0 Å². The van der Waals surface area contributed by atoms with E-state index >= 15 is 0 Å². The summed E-state index contributed by atoms with van der Waals surface area (Å²) in [6, 6.07) is 11.5. The van der Waals surface area contributed by atoms with Crippen LogP contribution < -0.4 is 4.90 Å². The van der Waals surface area contributed by atoms with Crippen LogP contribution in [-0.4, -0.2) is 23.2 Å². The number of anilines is 1. The number of amides is 1. The monoisotopic (exact) mass is 377 g/mol. The predicted octanol–water partition coefficient (Wildman–Crippen LogP) is 4.53. The van der Waals surface area contributed by atoms with Gasteiger partial charge in [0.15, 0.2) is 0 Å². The fraction of sp³-hybridized carbons (Fsp3) is 0.300. The minimum atomic E-state index is -4.23. The standard InChI is InChI=1S/C20H18F3NO3/c1-12(19(26)27)14-4-6-16(7-5-14)24-11-15-3-2-13(8-9-20(21,22)23)10-17(15)18(24)25/h2-7,10,12H,8-9,11H2,1H3,(H,26,27). The lowest BCUT2D eigenvalue weighted by Gasteiger charge is -2.17. The Hall–Kier alpha value is -2.83. The second-order valence-corrected chi connectivity index (χ2v) is 6.65. The molecule has 0 bridgehead atoms. The molecule has 2 aromatic rings. The summed E-state index contributed by atoms with van der Waals surface area (Å²) in [6.07, 6.45) is -5.32. The number of benzene rings is 2. The van der Waals surface area contributed by atoms with Crippen molar-refractivity contribution in [1.82, 2.24) is 0 Å². The van der Waals surface area contributed by atoms with Crippen LogP contribution in [-0.2, 0) is 17.8 Å². The highest BCUT2D eigenvalue weighted by Gasteiger charge is 2.30. The minimum absolute atomic E-state index is 0.161. The molecule has 0 aliphatic carbocycles. The van der Waals surface area contributed by atoms with Crippen molar-refractivity contribution >= 4 is 17.6 Å². The summed E-state index contributed by atoms with van der Waals surface area (Å²) in [5, 5.41) is 9.06. The highest BCUT2D eigenvalue weighted by atomic mass is 19.4. The number of carboxylic acids is 1. The van der Waals surface area contributed by atoms with Crippen LogP contribution in [0.4, 0.5) is 18.9 Å². The summed E-state index contributed by atoms with van der Waals surface area (Å²) < 4.78 is 37.2. The number of aliphatic carboxylic acids is 1. The topological polar surface area (TPSA) is 57.6 Å². The number of carbonyl (C=O) groups is 2. The number of hydrogen-bond donors (Lipinski definition) is 1. The Bertz CT molecular complexity index is 875. The Balaban J connectivity index is 1.77. The van der Waals surface area contributed by atoms with Gasteiger partial charge in [0.05, 0.1) is 12.5 Å². The van der Waals surface area contributed by atoms with Gasteiger partial charge in [-0.1, -0.05) is 24.3 Å². The lowest BCUT2D eigenvalue weighted by Crippen LogP contribution is -2.23. The van der Waals surface area contributed by atoms with Gasteiger partial charge >= 0.3 is 12.1 Å². The van der Waals surface area contributed by atoms with Gasteiger partial charge in [0.2, 0.25) is 0 Å². The van der Waals surface area contributed by atoms with Crippen LogP contribution >= 0.6 is 0 Å². The van der Waals surface area contributed by atoms with Crippen molar-refractivity contribution < 1.29 is 27.9 Å². The summed E-state index contributed by atoms with van der Waals surface area (Å²) in [5.74, 6) is -1.85. The molecule has 0 aromatic heterocycles. The van der Waals surface area contributed by atoms with E-state index in [9.17, 15) is 22.8 Å².